The Morgan fingerprint density at radius 3 is 2.17 bits per heavy atom. The molecule has 0 bridgehead atoms. The van der Waals surface area contributed by atoms with Crippen LogP contribution in [0.5, 0.6) is 0 Å². The summed E-state index contributed by atoms with van der Waals surface area (Å²) in [5, 5.41) is 5.26. The summed E-state index contributed by atoms with van der Waals surface area (Å²) in [4.78, 5) is 34.9. The summed E-state index contributed by atoms with van der Waals surface area (Å²) < 4.78 is 0.875. The molecule has 0 aliphatic rings. The van der Waals surface area contributed by atoms with Gasteiger partial charge in [-0.2, -0.15) is 0 Å². The van der Waals surface area contributed by atoms with Crippen LogP contribution in [0.25, 0.3) is 0 Å². The largest absolute Gasteiger partial charge is 0.326 e. The van der Waals surface area contributed by atoms with Crippen LogP contribution in [0.4, 0.5) is 11.4 Å². The lowest BCUT2D eigenvalue weighted by molar-refractivity contribution is -0.114. The van der Waals surface area contributed by atoms with Gasteiger partial charge in [0.05, 0.1) is 0 Å². The number of rotatable bonds is 5. The second kappa shape index (κ2) is 8.21. The molecule has 5 nitrogen and oxygen atoms in total. The number of carbonyl (C=O) groups excluding carboxylic acids is 3. The van der Waals surface area contributed by atoms with Crippen molar-refractivity contribution in [3.8, 4) is 0 Å². The molecule has 2 aromatic rings. The Morgan fingerprint density at radius 1 is 0.917 bits per heavy atom. The maximum Gasteiger partial charge on any atom is 0.248 e. The van der Waals surface area contributed by atoms with Crippen molar-refractivity contribution in [1.82, 2.24) is 0 Å². The predicted molar refractivity (Wildman–Crippen MR) is 97.0 cm³/mol. The molecule has 0 aromatic heterocycles. The number of anilines is 2. The molecule has 0 unspecified atom stereocenters. The van der Waals surface area contributed by atoms with Gasteiger partial charge in [0.2, 0.25) is 11.8 Å². The Kier molecular flexibility index (Phi) is 6.03. The van der Waals surface area contributed by atoms with Gasteiger partial charge in [-0.3, -0.25) is 14.4 Å². The molecule has 122 valence electrons. The monoisotopic (exact) mass is 386 g/mol. The Bertz CT molecular complexity index is 798. The Balaban J connectivity index is 1.98. The quantitative estimate of drug-likeness (QED) is 0.606. The van der Waals surface area contributed by atoms with Crippen molar-refractivity contribution in [3.63, 3.8) is 0 Å². The van der Waals surface area contributed by atoms with Gasteiger partial charge in [-0.1, -0.05) is 22.0 Å². The molecule has 24 heavy (non-hydrogen) atoms. The fraction of sp³-hybridized carbons (Fsp3) is 0.0556. The van der Waals surface area contributed by atoms with Gasteiger partial charge in [-0.15, -0.1) is 0 Å². The second-order valence-corrected chi connectivity index (χ2v) is 5.87. The minimum absolute atomic E-state index is 0.196. The van der Waals surface area contributed by atoms with Crippen LogP contribution in [0.1, 0.15) is 17.3 Å². The van der Waals surface area contributed by atoms with E-state index in [1.807, 2.05) is 0 Å². The van der Waals surface area contributed by atoms with Crippen molar-refractivity contribution < 1.29 is 14.4 Å². The maximum atomic E-state index is 12.0. The van der Waals surface area contributed by atoms with Gasteiger partial charge >= 0.3 is 0 Å². The van der Waals surface area contributed by atoms with Crippen LogP contribution < -0.4 is 10.6 Å². The first-order chi connectivity index (χ1) is 11.4. The zero-order valence-corrected chi connectivity index (χ0v) is 14.5. The van der Waals surface area contributed by atoms with E-state index in [1.165, 1.54) is 19.1 Å². The average molecular weight is 387 g/mol. The molecule has 0 atom stereocenters. The molecule has 2 rings (SSSR count). The third-order valence-electron chi connectivity index (χ3n) is 2.97. The molecule has 6 heteroatoms. The summed E-state index contributed by atoms with van der Waals surface area (Å²) in [5.41, 5.74) is 1.59. The predicted octanol–water partition coefficient (Wildman–Crippen LogP) is 3.79. The highest BCUT2D eigenvalue weighted by Gasteiger charge is 2.04. The molecule has 2 N–H and O–H groups in total. The summed E-state index contributed by atoms with van der Waals surface area (Å²) in [6.45, 7) is 1.40. The molecule has 0 aliphatic heterocycles. The number of halogens is 1. The van der Waals surface area contributed by atoms with Crippen LogP contribution in [-0.4, -0.2) is 17.6 Å². The normalized spacial score (nSPS) is 10.4. The highest BCUT2D eigenvalue weighted by molar-refractivity contribution is 9.10. The topological polar surface area (TPSA) is 75.3 Å². The first-order valence-electron chi connectivity index (χ1n) is 7.10. The molecule has 2 amide bonds. The number of amides is 2. The average Bonchev–Trinajstić information content (AvgIpc) is 2.53. The van der Waals surface area contributed by atoms with Crippen molar-refractivity contribution in [2.75, 3.05) is 10.6 Å². The van der Waals surface area contributed by atoms with Crippen LogP contribution >= 0.6 is 15.9 Å². The third kappa shape index (κ3) is 5.48. The molecule has 2 aromatic carbocycles. The van der Waals surface area contributed by atoms with Crippen molar-refractivity contribution in [3.05, 3.63) is 70.7 Å². The van der Waals surface area contributed by atoms with Gasteiger partial charge < -0.3 is 10.6 Å². The Hall–Kier alpha value is -2.73. The zero-order chi connectivity index (χ0) is 17.5. The number of hydrogen-bond donors (Lipinski definition) is 2. The summed E-state index contributed by atoms with van der Waals surface area (Å²) >= 11 is 3.29. The molecule has 0 fully saturated rings. The molecule has 0 spiro atoms. The van der Waals surface area contributed by atoms with E-state index < -0.39 is 5.91 Å². The van der Waals surface area contributed by atoms with E-state index >= 15 is 0 Å². The van der Waals surface area contributed by atoms with Crippen LogP contribution in [0.3, 0.4) is 0 Å². The fourth-order valence-electron chi connectivity index (χ4n) is 1.92. The minimum Gasteiger partial charge on any atom is -0.326 e. The smallest absolute Gasteiger partial charge is 0.248 e. The van der Waals surface area contributed by atoms with E-state index in [4.69, 9.17) is 0 Å². The zero-order valence-electron chi connectivity index (χ0n) is 12.9. The summed E-state index contributed by atoms with van der Waals surface area (Å²) in [5.74, 6) is -0.886. The molecular weight excluding hydrogens is 372 g/mol. The van der Waals surface area contributed by atoms with Crippen LogP contribution in [0, 0.1) is 0 Å². The summed E-state index contributed by atoms with van der Waals surface area (Å²) in [6, 6.07) is 13.6. The van der Waals surface area contributed by atoms with E-state index in [0.29, 0.717) is 16.9 Å². The standard InChI is InChI=1S/C18H15BrN2O3/c1-12(22)20-15-3-2-4-16(11-15)21-18(24)10-9-17(23)13-5-7-14(19)8-6-13/h2-11H,1H3,(H,20,22)(H,21,24)/b10-9+. The molecular formula is C18H15BrN2O3. The third-order valence-corrected chi connectivity index (χ3v) is 3.49. The molecule has 0 saturated carbocycles. The number of benzene rings is 2. The van der Waals surface area contributed by atoms with Crippen LogP contribution in [-0.2, 0) is 9.59 Å². The van der Waals surface area contributed by atoms with Gasteiger partial charge in [-0.05, 0) is 48.5 Å². The fourth-order valence-corrected chi connectivity index (χ4v) is 2.19. The van der Waals surface area contributed by atoms with Crippen molar-refractivity contribution in [1.29, 1.82) is 0 Å². The second-order valence-electron chi connectivity index (χ2n) is 4.96. The number of carbonyl (C=O) groups is 3. The first kappa shape index (κ1) is 17.6. The van der Waals surface area contributed by atoms with Gasteiger partial charge in [-0.25, -0.2) is 0 Å². The van der Waals surface area contributed by atoms with E-state index in [0.717, 1.165) is 4.47 Å². The number of hydrogen-bond acceptors (Lipinski definition) is 3. The maximum absolute atomic E-state index is 12.0. The van der Waals surface area contributed by atoms with Crippen LogP contribution in [0.15, 0.2) is 65.2 Å². The highest BCUT2D eigenvalue weighted by atomic mass is 79.9. The molecule has 0 heterocycles. The van der Waals surface area contributed by atoms with Gasteiger partial charge in [0.25, 0.3) is 0 Å². The van der Waals surface area contributed by atoms with E-state index in [1.54, 1.807) is 48.5 Å². The lowest BCUT2D eigenvalue weighted by Gasteiger charge is -2.06. The first-order valence-corrected chi connectivity index (χ1v) is 7.90. The molecule has 0 aliphatic carbocycles. The lowest BCUT2D eigenvalue weighted by atomic mass is 10.1. The molecule has 0 radical (unpaired) electrons. The van der Waals surface area contributed by atoms with Gasteiger partial charge in [0.15, 0.2) is 5.78 Å². The number of nitrogens with one attached hydrogen (secondary N) is 2. The summed E-state index contributed by atoms with van der Waals surface area (Å²) in [7, 11) is 0. The number of ketones is 1. The SMILES string of the molecule is CC(=O)Nc1cccc(NC(=O)/C=C/C(=O)c2ccc(Br)cc2)c1. The summed E-state index contributed by atoms with van der Waals surface area (Å²) in [6.07, 6.45) is 2.39. The highest BCUT2D eigenvalue weighted by Crippen LogP contribution is 2.15. The van der Waals surface area contributed by atoms with Crippen molar-refractivity contribution in [2.24, 2.45) is 0 Å². The number of allylic oxidation sites excluding steroid dienone is 1. The van der Waals surface area contributed by atoms with Crippen molar-refractivity contribution >= 4 is 44.9 Å². The van der Waals surface area contributed by atoms with Gasteiger partial charge in [0, 0.05) is 34.4 Å². The minimum atomic E-state index is -0.430. The van der Waals surface area contributed by atoms with Gasteiger partial charge in [0.1, 0.15) is 0 Å². The lowest BCUT2D eigenvalue weighted by Crippen LogP contribution is -2.10. The van der Waals surface area contributed by atoms with E-state index in [9.17, 15) is 14.4 Å². The Labute approximate surface area is 147 Å². The van der Waals surface area contributed by atoms with Crippen molar-refractivity contribution in [2.45, 2.75) is 6.92 Å². The van der Waals surface area contributed by atoms with E-state index in [2.05, 4.69) is 26.6 Å². The molecule has 0 saturated heterocycles. The van der Waals surface area contributed by atoms with Crippen LogP contribution in [0.2, 0.25) is 0 Å². The Morgan fingerprint density at radius 2 is 1.54 bits per heavy atom. The van der Waals surface area contributed by atoms with E-state index in [-0.39, 0.29) is 11.7 Å².